The van der Waals surface area contributed by atoms with Crippen LogP contribution in [0, 0.1) is 5.82 Å². The Kier molecular flexibility index (Phi) is 6.18. The lowest BCUT2D eigenvalue weighted by atomic mass is 10.0. The van der Waals surface area contributed by atoms with Crippen molar-refractivity contribution in [1.82, 2.24) is 9.78 Å². The number of fused-ring (bicyclic) bond motifs is 1. The highest BCUT2D eigenvalue weighted by Gasteiger charge is 2.30. The van der Waals surface area contributed by atoms with Crippen LogP contribution in [0.25, 0.3) is 17.3 Å². The van der Waals surface area contributed by atoms with Crippen LogP contribution in [0.3, 0.4) is 0 Å². The maximum absolute atomic E-state index is 13.3. The fourth-order valence-corrected chi connectivity index (χ4v) is 4.82. The van der Waals surface area contributed by atoms with E-state index in [2.05, 4.69) is 5.10 Å². The van der Waals surface area contributed by atoms with Crippen LogP contribution in [-0.4, -0.2) is 28.1 Å². The summed E-state index contributed by atoms with van der Waals surface area (Å²) in [6.45, 7) is 2.01. The predicted molar refractivity (Wildman–Crippen MR) is 120 cm³/mol. The summed E-state index contributed by atoms with van der Waals surface area (Å²) >= 11 is 14.2. The average Bonchev–Trinajstić information content (AvgIpc) is 3.10. The van der Waals surface area contributed by atoms with Gasteiger partial charge in [0.05, 0.1) is 23.0 Å². The van der Waals surface area contributed by atoms with Crippen molar-refractivity contribution in [2.75, 3.05) is 12.4 Å². The van der Waals surface area contributed by atoms with E-state index in [0.29, 0.717) is 27.2 Å². The van der Waals surface area contributed by atoms with Crippen molar-refractivity contribution < 1.29 is 13.9 Å². The highest BCUT2D eigenvalue weighted by molar-refractivity contribution is 7.99. The number of aromatic nitrogens is 2. The quantitative estimate of drug-likeness (QED) is 0.427. The van der Waals surface area contributed by atoms with Crippen LogP contribution in [0.2, 0.25) is 10.0 Å². The third kappa shape index (κ3) is 4.13. The Balaban J connectivity index is 1.92. The van der Waals surface area contributed by atoms with Gasteiger partial charge in [0.15, 0.2) is 5.69 Å². The standard InChI is InChI=1S/C22H17Cl2FN2O2S/c1-2-29-22(28)20-17-12-30-11-14(9-13-3-6-16(25)7-4-13)21(17)27(26-20)19-8-5-15(23)10-18(19)24/h3-10H,2,11-12H2,1H3. The average molecular weight is 463 g/mol. The van der Waals surface area contributed by atoms with E-state index in [4.69, 9.17) is 27.9 Å². The molecule has 0 amide bonds. The van der Waals surface area contributed by atoms with Crippen LogP contribution in [-0.2, 0) is 10.5 Å². The highest BCUT2D eigenvalue weighted by Crippen LogP contribution is 2.38. The molecule has 8 heteroatoms. The summed E-state index contributed by atoms with van der Waals surface area (Å²) in [5.41, 5.74) is 4.30. The smallest absolute Gasteiger partial charge is 0.359 e. The zero-order valence-electron chi connectivity index (χ0n) is 16.0. The van der Waals surface area contributed by atoms with Gasteiger partial charge in [-0.05, 0) is 54.5 Å². The number of benzene rings is 2. The van der Waals surface area contributed by atoms with Gasteiger partial charge in [0, 0.05) is 22.1 Å². The molecule has 0 N–H and O–H groups in total. The monoisotopic (exact) mass is 462 g/mol. The van der Waals surface area contributed by atoms with Crippen molar-refractivity contribution in [3.05, 3.63) is 80.8 Å². The summed E-state index contributed by atoms with van der Waals surface area (Å²) in [6.07, 6.45) is 1.97. The van der Waals surface area contributed by atoms with Gasteiger partial charge in [0.25, 0.3) is 0 Å². The molecule has 154 valence electrons. The number of carbonyl (C=O) groups is 1. The molecule has 4 rings (SSSR count). The second-order valence-electron chi connectivity index (χ2n) is 6.62. The van der Waals surface area contributed by atoms with E-state index in [1.165, 1.54) is 12.1 Å². The van der Waals surface area contributed by atoms with Crippen LogP contribution in [0.5, 0.6) is 0 Å². The van der Waals surface area contributed by atoms with Gasteiger partial charge in [0.2, 0.25) is 0 Å². The van der Waals surface area contributed by atoms with Gasteiger partial charge in [0.1, 0.15) is 5.82 Å². The number of rotatable bonds is 4. The summed E-state index contributed by atoms with van der Waals surface area (Å²) in [4.78, 5) is 12.6. The minimum absolute atomic E-state index is 0.258. The Labute approximate surface area is 187 Å². The topological polar surface area (TPSA) is 44.1 Å². The first kappa shape index (κ1) is 21.0. The molecule has 0 radical (unpaired) electrons. The molecule has 4 nitrogen and oxygen atoms in total. The van der Waals surface area contributed by atoms with Crippen LogP contribution in [0.15, 0.2) is 42.5 Å². The molecule has 0 fully saturated rings. The first-order valence-corrected chi connectivity index (χ1v) is 11.2. The molecule has 2 aromatic carbocycles. The summed E-state index contributed by atoms with van der Waals surface area (Å²) in [6, 6.07) is 11.4. The van der Waals surface area contributed by atoms with Crippen molar-refractivity contribution in [2.24, 2.45) is 0 Å². The van der Waals surface area contributed by atoms with Crippen molar-refractivity contribution >= 4 is 52.6 Å². The van der Waals surface area contributed by atoms with Gasteiger partial charge in [-0.25, -0.2) is 13.9 Å². The van der Waals surface area contributed by atoms with Crippen LogP contribution < -0.4 is 0 Å². The molecule has 0 bridgehead atoms. The van der Waals surface area contributed by atoms with Gasteiger partial charge in [-0.3, -0.25) is 0 Å². The molecule has 1 aliphatic rings. The van der Waals surface area contributed by atoms with E-state index in [1.54, 1.807) is 53.7 Å². The van der Waals surface area contributed by atoms with Gasteiger partial charge in [-0.2, -0.15) is 16.9 Å². The number of hydrogen-bond donors (Lipinski definition) is 0. The Bertz CT molecular complexity index is 1140. The third-order valence-electron chi connectivity index (χ3n) is 4.61. The number of ether oxygens (including phenoxy) is 1. The summed E-state index contributed by atoms with van der Waals surface area (Å²) in [5, 5.41) is 5.50. The lowest BCUT2D eigenvalue weighted by molar-refractivity contribution is 0.0518. The lowest BCUT2D eigenvalue weighted by Gasteiger charge is -2.18. The number of thioether (sulfide) groups is 1. The van der Waals surface area contributed by atoms with E-state index >= 15 is 0 Å². The van der Waals surface area contributed by atoms with Crippen molar-refractivity contribution in [3.8, 4) is 5.69 Å². The van der Waals surface area contributed by atoms with E-state index in [0.717, 1.165) is 22.4 Å². The third-order valence-corrected chi connectivity index (χ3v) is 6.15. The number of halogens is 3. The van der Waals surface area contributed by atoms with Gasteiger partial charge >= 0.3 is 5.97 Å². The van der Waals surface area contributed by atoms with Crippen LogP contribution in [0.4, 0.5) is 4.39 Å². The second kappa shape index (κ2) is 8.84. The van der Waals surface area contributed by atoms with Crippen molar-refractivity contribution in [2.45, 2.75) is 12.7 Å². The van der Waals surface area contributed by atoms with Gasteiger partial charge < -0.3 is 4.74 Å². The van der Waals surface area contributed by atoms with Gasteiger partial charge in [-0.1, -0.05) is 35.3 Å². The maximum Gasteiger partial charge on any atom is 0.359 e. The highest BCUT2D eigenvalue weighted by atomic mass is 35.5. The Morgan fingerprint density at radius 2 is 2.00 bits per heavy atom. The first-order chi connectivity index (χ1) is 14.5. The Morgan fingerprint density at radius 1 is 1.23 bits per heavy atom. The molecule has 2 heterocycles. The van der Waals surface area contributed by atoms with E-state index in [1.807, 2.05) is 6.08 Å². The van der Waals surface area contributed by atoms with E-state index < -0.39 is 5.97 Å². The fourth-order valence-electron chi connectivity index (χ4n) is 3.31. The predicted octanol–water partition coefficient (Wildman–Crippen LogP) is 6.28. The van der Waals surface area contributed by atoms with Crippen LogP contribution in [0.1, 0.15) is 34.2 Å². The molecule has 0 spiro atoms. The van der Waals surface area contributed by atoms with Crippen molar-refractivity contribution in [1.29, 1.82) is 0 Å². The molecule has 1 aromatic heterocycles. The molecular formula is C22H17Cl2FN2O2S. The molecule has 30 heavy (non-hydrogen) atoms. The number of nitrogens with zero attached hydrogens (tertiary/aromatic N) is 2. The normalized spacial score (nSPS) is 14.6. The van der Waals surface area contributed by atoms with Gasteiger partial charge in [-0.15, -0.1) is 0 Å². The molecule has 0 saturated heterocycles. The van der Waals surface area contributed by atoms with Crippen LogP contribution >= 0.6 is 35.0 Å². The first-order valence-electron chi connectivity index (χ1n) is 9.26. The van der Waals surface area contributed by atoms with Crippen molar-refractivity contribution in [3.63, 3.8) is 0 Å². The van der Waals surface area contributed by atoms with E-state index in [-0.39, 0.29) is 18.1 Å². The summed E-state index contributed by atoms with van der Waals surface area (Å²) in [7, 11) is 0. The largest absolute Gasteiger partial charge is 0.461 e. The second-order valence-corrected chi connectivity index (χ2v) is 8.45. The number of esters is 1. The van der Waals surface area contributed by atoms with E-state index in [9.17, 15) is 9.18 Å². The Hall–Kier alpha value is -2.28. The molecule has 0 unspecified atom stereocenters. The molecule has 1 aliphatic heterocycles. The maximum atomic E-state index is 13.3. The molecule has 0 saturated carbocycles. The molecule has 3 aromatic rings. The summed E-state index contributed by atoms with van der Waals surface area (Å²) < 4.78 is 20.2. The fraction of sp³-hybridized carbons (Fsp3) is 0.182. The summed E-state index contributed by atoms with van der Waals surface area (Å²) in [5.74, 6) is 0.568. The molecule has 0 aliphatic carbocycles. The molecular weight excluding hydrogens is 446 g/mol. The SMILES string of the molecule is CCOC(=O)c1nn(-c2ccc(Cl)cc2Cl)c2c1CSCC2=Cc1ccc(F)cc1. The zero-order valence-corrected chi connectivity index (χ0v) is 18.3. The Morgan fingerprint density at radius 3 is 2.70 bits per heavy atom. The minimum Gasteiger partial charge on any atom is -0.461 e. The zero-order chi connectivity index (χ0) is 21.3. The number of hydrogen-bond acceptors (Lipinski definition) is 4. The lowest BCUT2D eigenvalue weighted by Crippen LogP contribution is -2.09. The minimum atomic E-state index is -0.471. The molecule has 0 atom stereocenters. The number of carbonyl (C=O) groups excluding carboxylic acids is 1.